The van der Waals surface area contributed by atoms with Gasteiger partial charge in [0.05, 0.1) is 0 Å². The minimum Gasteiger partial charge on any atom is -0.324 e. The lowest BCUT2D eigenvalue weighted by molar-refractivity contribution is 0.351. The molecule has 1 fully saturated rings. The normalized spacial score (nSPS) is 22.2. The zero-order valence-corrected chi connectivity index (χ0v) is 9.76. The van der Waals surface area contributed by atoms with Crippen LogP contribution in [0.15, 0.2) is 11.6 Å². The Hall–Kier alpha value is -0.300. The van der Waals surface area contributed by atoms with Crippen molar-refractivity contribution >= 4 is 0 Å². The van der Waals surface area contributed by atoms with Gasteiger partial charge in [-0.3, -0.25) is 0 Å². The summed E-state index contributed by atoms with van der Waals surface area (Å²) in [6.07, 6.45) is 12.0. The highest BCUT2D eigenvalue weighted by molar-refractivity contribution is 5.02. The van der Waals surface area contributed by atoms with E-state index < -0.39 is 0 Å². The van der Waals surface area contributed by atoms with Gasteiger partial charge < -0.3 is 5.73 Å². The highest BCUT2D eigenvalue weighted by Crippen LogP contribution is 2.24. The summed E-state index contributed by atoms with van der Waals surface area (Å²) in [6, 6.07) is 0.304. The Morgan fingerprint density at radius 3 is 2.07 bits per heavy atom. The van der Waals surface area contributed by atoms with Gasteiger partial charge in [-0.2, -0.15) is 0 Å². The van der Waals surface area contributed by atoms with Crippen LogP contribution in [0.2, 0.25) is 0 Å². The maximum atomic E-state index is 6.19. The molecule has 0 aromatic carbocycles. The topological polar surface area (TPSA) is 26.0 Å². The van der Waals surface area contributed by atoms with Crippen molar-refractivity contribution in [3.8, 4) is 0 Å². The first-order valence-corrected chi connectivity index (χ1v) is 6.11. The van der Waals surface area contributed by atoms with Crippen LogP contribution in [0.25, 0.3) is 0 Å². The van der Waals surface area contributed by atoms with E-state index in [1.165, 1.54) is 50.5 Å². The first kappa shape index (κ1) is 11.8. The minimum atomic E-state index is 0.304. The van der Waals surface area contributed by atoms with E-state index in [1.54, 1.807) is 0 Å². The number of hydrogen-bond donors (Lipinski definition) is 1. The molecule has 0 aromatic heterocycles. The molecule has 0 aromatic rings. The van der Waals surface area contributed by atoms with Gasteiger partial charge in [0.2, 0.25) is 0 Å². The van der Waals surface area contributed by atoms with Crippen LogP contribution in [0.3, 0.4) is 0 Å². The number of allylic oxidation sites excluding steroid dienone is 1. The Kier molecular flexibility index (Phi) is 5.24. The van der Waals surface area contributed by atoms with E-state index in [2.05, 4.69) is 19.9 Å². The summed E-state index contributed by atoms with van der Waals surface area (Å²) in [5.41, 5.74) is 7.55. The van der Waals surface area contributed by atoms with Crippen LogP contribution in [-0.4, -0.2) is 6.04 Å². The molecule has 1 aliphatic carbocycles. The quantitative estimate of drug-likeness (QED) is 0.669. The second kappa shape index (κ2) is 6.23. The summed E-state index contributed by atoms with van der Waals surface area (Å²) >= 11 is 0. The maximum absolute atomic E-state index is 6.19. The minimum absolute atomic E-state index is 0.304. The Morgan fingerprint density at radius 2 is 1.57 bits per heavy atom. The number of rotatable bonds is 2. The van der Waals surface area contributed by atoms with Crippen molar-refractivity contribution in [1.29, 1.82) is 0 Å². The first-order chi connectivity index (χ1) is 6.70. The predicted molar refractivity (Wildman–Crippen MR) is 63.2 cm³/mol. The molecule has 1 atom stereocenters. The van der Waals surface area contributed by atoms with E-state index in [4.69, 9.17) is 5.73 Å². The second-order valence-electron chi connectivity index (χ2n) is 4.93. The van der Waals surface area contributed by atoms with Crippen molar-refractivity contribution in [2.24, 2.45) is 11.7 Å². The summed E-state index contributed by atoms with van der Waals surface area (Å²) in [6.45, 7) is 4.28. The molecule has 2 N–H and O–H groups in total. The van der Waals surface area contributed by atoms with Crippen molar-refractivity contribution in [3.63, 3.8) is 0 Å². The Labute approximate surface area is 88.8 Å². The molecule has 1 unspecified atom stereocenters. The van der Waals surface area contributed by atoms with Crippen molar-refractivity contribution < 1.29 is 0 Å². The number of hydrogen-bond acceptors (Lipinski definition) is 1. The number of nitrogens with two attached hydrogens (primary N) is 1. The van der Waals surface area contributed by atoms with E-state index in [9.17, 15) is 0 Å². The molecular formula is C13H25N. The van der Waals surface area contributed by atoms with Gasteiger partial charge in [0.15, 0.2) is 0 Å². The molecule has 82 valence electrons. The lowest BCUT2D eigenvalue weighted by Crippen LogP contribution is -2.28. The lowest BCUT2D eigenvalue weighted by Gasteiger charge is -2.23. The van der Waals surface area contributed by atoms with E-state index in [0.29, 0.717) is 6.04 Å². The van der Waals surface area contributed by atoms with Gasteiger partial charge in [-0.05, 0) is 32.6 Å². The van der Waals surface area contributed by atoms with Crippen molar-refractivity contribution in [1.82, 2.24) is 0 Å². The average molecular weight is 195 g/mol. The molecular weight excluding hydrogens is 170 g/mol. The van der Waals surface area contributed by atoms with Crippen molar-refractivity contribution in [3.05, 3.63) is 11.6 Å². The lowest BCUT2D eigenvalue weighted by atomic mass is 9.85. The third-order valence-electron chi connectivity index (χ3n) is 3.22. The SMILES string of the molecule is CC(C)=CC(N)C1CCCCCCC1. The zero-order chi connectivity index (χ0) is 10.4. The standard InChI is InChI=1S/C13H25N/c1-11(2)10-13(14)12-8-6-4-3-5-7-9-12/h10,12-13H,3-9,14H2,1-2H3. The van der Waals surface area contributed by atoms with E-state index in [1.807, 2.05) is 0 Å². The molecule has 0 spiro atoms. The molecule has 0 bridgehead atoms. The molecule has 0 aliphatic heterocycles. The van der Waals surface area contributed by atoms with Crippen LogP contribution in [0.4, 0.5) is 0 Å². The smallest absolute Gasteiger partial charge is 0.0254 e. The highest BCUT2D eigenvalue weighted by Gasteiger charge is 2.16. The third kappa shape index (κ3) is 4.28. The van der Waals surface area contributed by atoms with E-state index >= 15 is 0 Å². The molecule has 1 aliphatic rings. The van der Waals surface area contributed by atoms with Gasteiger partial charge in [0, 0.05) is 6.04 Å². The highest BCUT2D eigenvalue weighted by atomic mass is 14.6. The fourth-order valence-electron chi connectivity index (χ4n) is 2.39. The van der Waals surface area contributed by atoms with Gasteiger partial charge in [-0.15, -0.1) is 0 Å². The average Bonchev–Trinajstić information content (AvgIpc) is 2.00. The molecule has 1 heteroatoms. The van der Waals surface area contributed by atoms with Crippen LogP contribution < -0.4 is 5.73 Å². The van der Waals surface area contributed by atoms with Crippen LogP contribution >= 0.6 is 0 Å². The van der Waals surface area contributed by atoms with Gasteiger partial charge >= 0.3 is 0 Å². The summed E-state index contributed by atoms with van der Waals surface area (Å²) in [5.74, 6) is 0.741. The van der Waals surface area contributed by atoms with Gasteiger partial charge in [-0.1, -0.05) is 43.8 Å². The van der Waals surface area contributed by atoms with Crippen LogP contribution in [0.5, 0.6) is 0 Å². The van der Waals surface area contributed by atoms with Gasteiger partial charge in [0.25, 0.3) is 0 Å². The monoisotopic (exact) mass is 195 g/mol. The summed E-state index contributed by atoms with van der Waals surface area (Å²) < 4.78 is 0. The Morgan fingerprint density at radius 1 is 1.07 bits per heavy atom. The fraction of sp³-hybridized carbons (Fsp3) is 0.846. The van der Waals surface area contributed by atoms with Crippen LogP contribution in [0.1, 0.15) is 58.8 Å². The van der Waals surface area contributed by atoms with E-state index in [0.717, 1.165) is 5.92 Å². The van der Waals surface area contributed by atoms with Crippen molar-refractivity contribution in [2.45, 2.75) is 64.8 Å². The van der Waals surface area contributed by atoms with Crippen LogP contribution in [-0.2, 0) is 0 Å². The molecule has 0 amide bonds. The summed E-state index contributed by atoms with van der Waals surface area (Å²) in [7, 11) is 0. The van der Waals surface area contributed by atoms with E-state index in [-0.39, 0.29) is 0 Å². The molecule has 0 saturated heterocycles. The molecule has 0 heterocycles. The largest absolute Gasteiger partial charge is 0.324 e. The third-order valence-corrected chi connectivity index (χ3v) is 3.22. The van der Waals surface area contributed by atoms with Gasteiger partial charge in [-0.25, -0.2) is 0 Å². The summed E-state index contributed by atoms with van der Waals surface area (Å²) in [5, 5.41) is 0. The van der Waals surface area contributed by atoms with Gasteiger partial charge in [0.1, 0.15) is 0 Å². The predicted octanol–water partition coefficient (Wildman–Crippen LogP) is 3.64. The Bertz CT molecular complexity index is 172. The Balaban J connectivity index is 2.42. The van der Waals surface area contributed by atoms with Crippen LogP contribution in [0, 0.1) is 5.92 Å². The first-order valence-electron chi connectivity index (χ1n) is 6.11. The molecule has 1 saturated carbocycles. The zero-order valence-electron chi connectivity index (χ0n) is 9.76. The maximum Gasteiger partial charge on any atom is 0.0254 e. The molecule has 14 heavy (non-hydrogen) atoms. The second-order valence-corrected chi connectivity index (χ2v) is 4.93. The fourth-order valence-corrected chi connectivity index (χ4v) is 2.39. The molecule has 1 nitrogen and oxygen atoms in total. The molecule has 1 rings (SSSR count). The van der Waals surface area contributed by atoms with Crippen molar-refractivity contribution in [2.75, 3.05) is 0 Å². The molecule has 0 radical (unpaired) electrons. The summed E-state index contributed by atoms with van der Waals surface area (Å²) in [4.78, 5) is 0.